The number of carbonyl (C=O) groups is 1. The molecule has 0 aliphatic heterocycles. The van der Waals surface area contributed by atoms with Gasteiger partial charge in [-0.05, 0) is 67.3 Å². The lowest BCUT2D eigenvalue weighted by Gasteiger charge is -2.64. The first-order valence-electron chi connectivity index (χ1n) is 9.30. The zero-order chi connectivity index (χ0) is 17.9. The summed E-state index contributed by atoms with van der Waals surface area (Å²) in [4.78, 5) is 12.5. The predicted molar refractivity (Wildman–Crippen MR) is 98.9 cm³/mol. The summed E-state index contributed by atoms with van der Waals surface area (Å²) in [5.74, 6) is 0.536. The standard InChI is InChI=1S/C20H31BrO3/c1-12(2)13-5-6-14(22)16-17-18(3,9-10-20(13,16)11-21)8-7-15(23)19(17,4)24/h7-8,12-14,16-17,22,24H,5-6,9-11H2,1-4H3/t13-,14-,16-,17-,18-,19+,20-/m0/s1. The molecule has 0 heterocycles. The van der Waals surface area contributed by atoms with Crippen LogP contribution in [0.3, 0.4) is 0 Å². The minimum absolute atomic E-state index is 0.0501. The highest BCUT2D eigenvalue weighted by molar-refractivity contribution is 9.09. The van der Waals surface area contributed by atoms with Gasteiger partial charge in [0, 0.05) is 11.2 Å². The molecule has 0 aromatic rings. The molecule has 7 atom stereocenters. The van der Waals surface area contributed by atoms with Crippen LogP contribution >= 0.6 is 15.9 Å². The Morgan fingerprint density at radius 2 is 1.96 bits per heavy atom. The second kappa shape index (κ2) is 5.92. The van der Waals surface area contributed by atoms with Crippen molar-refractivity contribution in [2.24, 2.45) is 34.5 Å². The molecule has 0 aromatic carbocycles. The SMILES string of the molecule is CC(C)[C@@H]1CC[C@H](O)[C@H]2[C@H]3[C@@](C)(C=CC(=O)[C@@]3(C)O)CC[C@@]21CBr. The summed E-state index contributed by atoms with van der Waals surface area (Å²) >= 11 is 3.77. The van der Waals surface area contributed by atoms with E-state index in [0.717, 1.165) is 31.0 Å². The fourth-order valence-electron chi connectivity index (χ4n) is 6.44. The topological polar surface area (TPSA) is 57.5 Å². The van der Waals surface area contributed by atoms with Gasteiger partial charge in [-0.3, -0.25) is 4.79 Å². The van der Waals surface area contributed by atoms with Gasteiger partial charge in [-0.2, -0.15) is 0 Å². The van der Waals surface area contributed by atoms with Crippen molar-refractivity contribution < 1.29 is 15.0 Å². The zero-order valence-corrected chi connectivity index (χ0v) is 16.8. The van der Waals surface area contributed by atoms with Crippen molar-refractivity contribution >= 4 is 21.7 Å². The molecule has 4 heteroatoms. The van der Waals surface area contributed by atoms with E-state index in [-0.39, 0.29) is 28.4 Å². The number of rotatable bonds is 2. The van der Waals surface area contributed by atoms with Crippen LogP contribution < -0.4 is 0 Å². The Bertz CT molecular complexity index is 555. The number of aliphatic hydroxyl groups is 2. The van der Waals surface area contributed by atoms with Crippen LogP contribution in [-0.2, 0) is 4.79 Å². The molecule has 3 nitrogen and oxygen atoms in total. The van der Waals surface area contributed by atoms with E-state index in [1.807, 2.05) is 6.08 Å². The largest absolute Gasteiger partial charge is 0.393 e. The van der Waals surface area contributed by atoms with Gasteiger partial charge < -0.3 is 10.2 Å². The van der Waals surface area contributed by atoms with Gasteiger partial charge in [0.05, 0.1) is 6.10 Å². The Kier molecular flexibility index (Phi) is 4.59. The molecule has 0 bridgehead atoms. The number of aliphatic hydroxyl groups excluding tert-OH is 1. The lowest BCUT2D eigenvalue weighted by Crippen LogP contribution is -2.66. The van der Waals surface area contributed by atoms with Gasteiger partial charge in [-0.25, -0.2) is 0 Å². The van der Waals surface area contributed by atoms with Crippen LogP contribution in [-0.4, -0.2) is 33.0 Å². The summed E-state index contributed by atoms with van der Waals surface area (Å²) in [5.41, 5.74) is -1.68. The number of carbonyl (C=O) groups excluding carboxylic acids is 1. The molecule has 136 valence electrons. The fourth-order valence-corrected chi connectivity index (χ4v) is 7.51. The monoisotopic (exact) mass is 398 g/mol. The van der Waals surface area contributed by atoms with Gasteiger partial charge in [-0.15, -0.1) is 0 Å². The Balaban J connectivity index is 2.16. The smallest absolute Gasteiger partial charge is 0.186 e. The second-order valence-corrected chi connectivity index (χ2v) is 9.78. The Hall–Kier alpha value is -0.190. The molecule has 2 fully saturated rings. The Labute approximate surface area is 154 Å². The fraction of sp³-hybridized carbons (Fsp3) is 0.850. The summed E-state index contributed by atoms with van der Waals surface area (Å²) in [6.45, 7) is 8.35. The van der Waals surface area contributed by atoms with E-state index in [1.54, 1.807) is 13.0 Å². The highest BCUT2D eigenvalue weighted by Crippen LogP contribution is 2.65. The van der Waals surface area contributed by atoms with E-state index in [2.05, 4.69) is 36.7 Å². The lowest BCUT2D eigenvalue weighted by atomic mass is 9.41. The van der Waals surface area contributed by atoms with E-state index in [0.29, 0.717) is 11.8 Å². The van der Waals surface area contributed by atoms with Crippen molar-refractivity contribution in [3.05, 3.63) is 12.2 Å². The van der Waals surface area contributed by atoms with E-state index >= 15 is 0 Å². The molecule has 3 aliphatic carbocycles. The molecule has 0 unspecified atom stereocenters. The first-order valence-corrected chi connectivity index (χ1v) is 10.4. The molecular weight excluding hydrogens is 368 g/mol. The van der Waals surface area contributed by atoms with Crippen molar-refractivity contribution in [3.63, 3.8) is 0 Å². The predicted octanol–water partition coefficient (Wildman–Crippen LogP) is 3.72. The van der Waals surface area contributed by atoms with Gasteiger partial charge in [0.15, 0.2) is 5.78 Å². The van der Waals surface area contributed by atoms with Crippen LogP contribution in [0.15, 0.2) is 12.2 Å². The number of hydrogen-bond acceptors (Lipinski definition) is 3. The minimum Gasteiger partial charge on any atom is -0.393 e. The molecule has 24 heavy (non-hydrogen) atoms. The van der Waals surface area contributed by atoms with Gasteiger partial charge in [0.2, 0.25) is 0 Å². The van der Waals surface area contributed by atoms with Crippen molar-refractivity contribution in [2.75, 3.05) is 5.33 Å². The number of fused-ring (bicyclic) bond motifs is 3. The summed E-state index contributed by atoms with van der Waals surface area (Å²) in [5, 5.41) is 23.0. The lowest BCUT2D eigenvalue weighted by molar-refractivity contribution is -0.201. The Morgan fingerprint density at radius 3 is 2.54 bits per heavy atom. The third kappa shape index (κ3) is 2.39. The number of hydrogen-bond donors (Lipinski definition) is 2. The highest BCUT2D eigenvalue weighted by atomic mass is 79.9. The van der Waals surface area contributed by atoms with Crippen LogP contribution in [0.1, 0.15) is 53.4 Å². The van der Waals surface area contributed by atoms with Gasteiger partial charge in [-0.1, -0.05) is 42.8 Å². The normalized spacial score (nSPS) is 51.4. The van der Waals surface area contributed by atoms with Crippen LogP contribution in [0, 0.1) is 34.5 Å². The molecule has 0 radical (unpaired) electrons. The molecule has 2 N–H and O–H groups in total. The summed E-state index contributed by atoms with van der Waals surface area (Å²) in [6.07, 6.45) is 6.89. The molecule has 0 spiro atoms. The van der Waals surface area contributed by atoms with E-state index in [9.17, 15) is 15.0 Å². The zero-order valence-electron chi connectivity index (χ0n) is 15.3. The van der Waals surface area contributed by atoms with Gasteiger partial charge in [0.25, 0.3) is 0 Å². The third-order valence-corrected chi connectivity index (χ3v) is 8.61. The van der Waals surface area contributed by atoms with Crippen LogP contribution in [0.4, 0.5) is 0 Å². The first kappa shape index (κ1) is 18.6. The quantitative estimate of drug-likeness (QED) is 0.696. The maximum absolute atomic E-state index is 12.5. The molecule has 3 aliphatic rings. The van der Waals surface area contributed by atoms with Crippen molar-refractivity contribution in [1.82, 2.24) is 0 Å². The average Bonchev–Trinajstić information content (AvgIpc) is 2.51. The maximum Gasteiger partial charge on any atom is 0.186 e. The number of halogens is 1. The van der Waals surface area contributed by atoms with E-state index in [1.165, 1.54) is 0 Å². The molecule has 0 amide bonds. The Morgan fingerprint density at radius 1 is 1.29 bits per heavy atom. The third-order valence-electron chi connectivity index (χ3n) is 7.56. The van der Waals surface area contributed by atoms with Crippen LogP contribution in [0.2, 0.25) is 0 Å². The summed E-state index contributed by atoms with van der Waals surface area (Å²) < 4.78 is 0. The summed E-state index contributed by atoms with van der Waals surface area (Å²) in [6, 6.07) is 0. The molecular formula is C20H31BrO3. The minimum atomic E-state index is -1.40. The van der Waals surface area contributed by atoms with E-state index in [4.69, 9.17) is 0 Å². The molecule has 3 rings (SSSR count). The van der Waals surface area contributed by atoms with Crippen molar-refractivity contribution in [3.8, 4) is 0 Å². The molecule has 0 saturated heterocycles. The van der Waals surface area contributed by atoms with Crippen LogP contribution in [0.5, 0.6) is 0 Å². The maximum atomic E-state index is 12.5. The average molecular weight is 399 g/mol. The first-order chi connectivity index (χ1) is 11.1. The highest BCUT2D eigenvalue weighted by Gasteiger charge is 2.65. The summed E-state index contributed by atoms with van der Waals surface area (Å²) in [7, 11) is 0. The molecule has 0 aromatic heterocycles. The molecule has 2 saturated carbocycles. The number of ketones is 1. The number of alkyl halides is 1. The van der Waals surface area contributed by atoms with Gasteiger partial charge >= 0.3 is 0 Å². The second-order valence-electron chi connectivity index (χ2n) is 9.22. The van der Waals surface area contributed by atoms with Crippen molar-refractivity contribution in [1.29, 1.82) is 0 Å². The van der Waals surface area contributed by atoms with Crippen molar-refractivity contribution in [2.45, 2.75) is 65.1 Å². The number of allylic oxidation sites excluding steroid dienone is 1. The van der Waals surface area contributed by atoms with Crippen LogP contribution in [0.25, 0.3) is 0 Å². The van der Waals surface area contributed by atoms with Gasteiger partial charge in [0.1, 0.15) is 5.60 Å². The van der Waals surface area contributed by atoms with E-state index < -0.39 is 11.7 Å².